The molecule has 0 bridgehead atoms. The molecule has 1 aromatic heterocycles. The zero-order valence-electron chi connectivity index (χ0n) is 24.0. The minimum Gasteiger partial charge on any atom is -0.218 e. The fourth-order valence-corrected chi connectivity index (χ4v) is 4.32. The predicted octanol–water partition coefficient (Wildman–Crippen LogP) is 6.19. The molecule has 0 spiro atoms. The SMILES string of the molecule is [2H]C([2H])([2H])C([2H])(C)c1cccc(C([2H])(C)C([2H])([2H])[2H])c1-n1c2[n+](c3ccccc31)Cc1ccccc1-2. The van der Waals surface area contributed by atoms with E-state index in [1.54, 1.807) is 18.2 Å². The molecule has 2 atom stereocenters. The van der Waals surface area contributed by atoms with Crippen LogP contribution >= 0.6 is 0 Å². The number of para-hydroxylation sites is 3. The molecule has 0 saturated heterocycles. The van der Waals surface area contributed by atoms with Crippen molar-refractivity contribution in [3.63, 3.8) is 0 Å². The summed E-state index contributed by atoms with van der Waals surface area (Å²) >= 11 is 0. The molecular weight excluding hydrogens is 340 g/mol. The summed E-state index contributed by atoms with van der Waals surface area (Å²) in [6.07, 6.45) is 0. The van der Waals surface area contributed by atoms with E-state index in [0.29, 0.717) is 6.54 Å². The molecule has 2 heteroatoms. The molecule has 2 heterocycles. The van der Waals surface area contributed by atoms with Crippen LogP contribution in [0.1, 0.15) is 67.0 Å². The first-order chi connectivity index (χ1) is 16.7. The van der Waals surface area contributed by atoms with E-state index in [1.807, 2.05) is 53.1 Å². The van der Waals surface area contributed by atoms with Gasteiger partial charge in [-0.2, -0.15) is 4.57 Å². The molecule has 0 radical (unpaired) electrons. The maximum absolute atomic E-state index is 8.98. The maximum Gasteiger partial charge on any atom is 0.295 e. The van der Waals surface area contributed by atoms with Crippen LogP contribution in [0.3, 0.4) is 0 Å². The highest BCUT2D eigenvalue weighted by Crippen LogP contribution is 2.39. The van der Waals surface area contributed by atoms with Gasteiger partial charge < -0.3 is 0 Å². The molecule has 2 nitrogen and oxygen atoms in total. The third kappa shape index (κ3) is 2.37. The Bertz CT molecular complexity index is 1450. The van der Waals surface area contributed by atoms with E-state index in [-0.39, 0.29) is 16.8 Å². The minimum absolute atomic E-state index is 0.149. The first-order valence-electron chi connectivity index (χ1n) is 13.4. The highest BCUT2D eigenvalue weighted by atomic mass is 15.2. The summed E-state index contributed by atoms with van der Waals surface area (Å²) in [6, 6.07) is 20.3. The average Bonchev–Trinajstić information content (AvgIpc) is 3.32. The molecule has 0 amide bonds. The van der Waals surface area contributed by atoms with Crippen LogP contribution in [0.5, 0.6) is 0 Å². The van der Waals surface area contributed by atoms with Crippen LogP contribution in [0.2, 0.25) is 0 Å². The second-order valence-electron chi connectivity index (χ2n) is 7.34. The van der Waals surface area contributed by atoms with Crippen molar-refractivity contribution in [3.8, 4) is 17.1 Å². The van der Waals surface area contributed by atoms with Crippen molar-refractivity contribution in [2.45, 2.75) is 45.9 Å². The Morgan fingerprint density at radius 2 is 1.57 bits per heavy atom. The van der Waals surface area contributed by atoms with E-state index in [0.717, 1.165) is 28.0 Å². The summed E-state index contributed by atoms with van der Waals surface area (Å²) in [5.41, 5.74) is 4.23. The molecule has 140 valence electrons. The van der Waals surface area contributed by atoms with Crippen LogP contribution in [0, 0.1) is 0 Å². The first kappa shape index (κ1) is 10.6. The van der Waals surface area contributed by atoms with Crippen molar-refractivity contribution in [1.29, 1.82) is 0 Å². The monoisotopic (exact) mass is 375 g/mol. The standard InChI is InChI=1S/C26H27N2/c1-17(2)20-12-9-13-21(18(3)4)25(20)28-24-15-8-7-14-23(24)27-16-19-10-5-6-11-22(19)26(27)28/h5-15,17-18H,16H2,1-4H3/q+1/i1D3,3D3,17D,18D. The zero-order valence-corrected chi connectivity index (χ0v) is 16.0. The van der Waals surface area contributed by atoms with E-state index < -0.39 is 25.5 Å². The summed E-state index contributed by atoms with van der Waals surface area (Å²) in [5.74, 6) is -3.36. The lowest BCUT2D eigenvalue weighted by Crippen LogP contribution is -2.31. The average molecular weight is 376 g/mol. The van der Waals surface area contributed by atoms with Gasteiger partial charge in [0.1, 0.15) is 12.2 Å². The Morgan fingerprint density at radius 1 is 0.893 bits per heavy atom. The molecule has 0 N–H and O–H groups in total. The Morgan fingerprint density at radius 3 is 2.32 bits per heavy atom. The maximum atomic E-state index is 8.98. The predicted molar refractivity (Wildman–Crippen MR) is 116 cm³/mol. The summed E-state index contributed by atoms with van der Waals surface area (Å²) in [7, 11) is 0. The minimum atomic E-state index is -2.70. The van der Waals surface area contributed by atoms with E-state index in [2.05, 4.69) is 4.57 Å². The summed E-state index contributed by atoms with van der Waals surface area (Å²) in [4.78, 5) is 0. The Kier molecular flexibility index (Phi) is 2.40. The molecule has 0 aliphatic carbocycles. The van der Waals surface area contributed by atoms with Gasteiger partial charge in [-0.1, -0.05) is 76.1 Å². The lowest BCUT2D eigenvalue weighted by Gasteiger charge is -2.18. The molecule has 3 aromatic carbocycles. The van der Waals surface area contributed by atoms with Crippen molar-refractivity contribution >= 4 is 11.0 Å². The molecular formula is C26H27N2+. The Hall–Kier alpha value is -2.87. The Labute approximate surface area is 178 Å². The number of fused-ring (bicyclic) bond motifs is 5. The van der Waals surface area contributed by atoms with Crippen LogP contribution in [0.15, 0.2) is 66.7 Å². The van der Waals surface area contributed by atoms with E-state index in [1.165, 1.54) is 13.8 Å². The fourth-order valence-electron chi connectivity index (χ4n) is 4.32. The van der Waals surface area contributed by atoms with Crippen LogP contribution in [-0.2, 0) is 6.54 Å². The van der Waals surface area contributed by atoms with Gasteiger partial charge in [-0.25, -0.2) is 4.57 Å². The van der Waals surface area contributed by atoms with Crippen molar-refractivity contribution in [2.75, 3.05) is 0 Å². The second-order valence-corrected chi connectivity index (χ2v) is 7.34. The number of hydrogen-bond donors (Lipinski definition) is 0. The lowest BCUT2D eigenvalue weighted by atomic mass is 9.92. The largest absolute Gasteiger partial charge is 0.295 e. The molecule has 5 rings (SSSR count). The van der Waals surface area contributed by atoms with Gasteiger partial charge in [0, 0.05) is 27.7 Å². The third-order valence-corrected chi connectivity index (χ3v) is 5.54. The highest BCUT2D eigenvalue weighted by Gasteiger charge is 2.36. The van der Waals surface area contributed by atoms with Crippen molar-refractivity contribution in [2.24, 2.45) is 0 Å². The third-order valence-electron chi connectivity index (χ3n) is 5.54. The topological polar surface area (TPSA) is 8.81 Å². The molecule has 28 heavy (non-hydrogen) atoms. The van der Waals surface area contributed by atoms with Gasteiger partial charge in [0.25, 0.3) is 5.82 Å². The second kappa shape index (κ2) is 6.34. The first-order valence-corrected chi connectivity index (χ1v) is 9.44. The molecule has 0 fully saturated rings. The van der Waals surface area contributed by atoms with Gasteiger partial charge >= 0.3 is 0 Å². The summed E-state index contributed by atoms with van der Waals surface area (Å²) in [6.45, 7) is -2.14. The summed E-state index contributed by atoms with van der Waals surface area (Å²) < 4.78 is 70.9. The molecule has 4 aromatic rings. The Balaban J connectivity index is 2.00. The van der Waals surface area contributed by atoms with Gasteiger partial charge in [-0.15, -0.1) is 0 Å². The number of imidazole rings is 1. The number of aromatic nitrogens is 2. The lowest BCUT2D eigenvalue weighted by molar-refractivity contribution is -0.645. The van der Waals surface area contributed by atoms with Gasteiger partial charge in [-0.05, 0) is 30.0 Å². The number of nitrogens with zero attached hydrogens (tertiary/aromatic N) is 2. The van der Waals surface area contributed by atoms with Crippen molar-refractivity contribution < 1.29 is 15.5 Å². The van der Waals surface area contributed by atoms with Crippen LogP contribution in [0.25, 0.3) is 28.1 Å². The van der Waals surface area contributed by atoms with Crippen LogP contribution < -0.4 is 4.57 Å². The van der Waals surface area contributed by atoms with Gasteiger partial charge in [-0.3, -0.25) is 0 Å². The summed E-state index contributed by atoms with van der Waals surface area (Å²) in [5, 5.41) is 0. The van der Waals surface area contributed by atoms with Crippen molar-refractivity contribution in [3.05, 3.63) is 83.4 Å². The normalized spacial score (nSPS) is 22.1. The number of benzene rings is 3. The molecule has 1 aliphatic rings. The number of rotatable bonds is 3. The van der Waals surface area contributed by atoms with E-state index in [4.69, 9.17) is 11.0 Å². The van der Waals surface area contributed by atoms with E-state index in [9.17, 15) is 0 Å². The molecule has 1 aliphatic heterocycles. The van der Waals surface area contributed by atoms with E-state index >= 15 is 0 Å². The van der Waals surface area contributed by atoms with Gasteiger partial charge in [0.05, 0.1) is 5.56 Å². The van der Waals surface area contributed by atoms with Crippen molar-refractivity contribution in [1.82, 2.24) is 4.57 Å². The molecule has 2 unspecified atom stereocenters. The highest BCUT2D eigenvalue weighted by molar-refractivity contribution is 5.82. The quantitative estimate of drug-likeness (QED) is 0.332. The number of hydrogen-bond acceptors (Lipinski definition) is 0. The molecule has 0 saturated carbocycles. The van der Waals surface area contributed by atoms with Gasteiger partial charge in [0.2, 0.25) is 0 Å². The van der Waals surface area contributed by atoms with Crippen LogP contribution in [-0.4, -0.2) is 4.57 Å². The zero-order chi connectivity index (χ0) is 26.3. The van der Waals surface area contributed by atoms with Crippen LogP contribution in [0.4, 0.5) is 0 Å². The van der Waals surface area contributed by atoms with Gasteiger partial charge in [0.15, 0.2) is 11.0 Å². The smallest absolute Gasteiger partial charge is 0.218 e. The fraction of sp³-hybridized carbons (Fsp3) is 0.269.